The number of benzene rings is 1. The van der Waals surface area contributed by atoms with Crippen LogP contribution in [0.5, 0.6) is 0 Å². The van der Waals surface area contributed by atoms with Gasteiger partial charge in [-0.05, 0) is 31.4 Å². The SMILES string of the molecule is CC(C)CC(C)NCc1nc2ccccc2[nH]1. The molecule has 2 N–H and O–H groups in total. The summed E-state index contributed by atoms with van der Waals surface area (Å²) in [5.41, 5.74) is 2.15. The second-order valence-electron chi connectivity index (χ2n) is 5.11. The smallest absolute Gasteiger partial charge is 0.121 e. The Morgan fingerprint density at radius 2 is 2.00 bits per heavy atom. The molecule has 17 heavy (non-hydrogen) atoms. The molecule has 0 aliphatic carbocycles. The Hall–Kier alpha value is -1.35. The number of aromatic amines is 1. The highest BCUT2D eigenvalue weighted by atomic mass is 15.0. The van der Waals surface area contributed by atoms with Crippen LogP contribution in [0.3, 0.4) is 0 Å². The lowest BCUT2D eigenvalue weighted by atomic mass is 10.1. The van der Waals surface area contributed by atoms with E-state index < -0.39 is 0 Å². The fourth-order valence-electron chi connectivity index (χ4n) is 2.15. The number of imidazole rings is 1. The lowest BCUT2D eigenvalue weighted by Crippen LogP contribution is -2.27. The van der Waals surface area contributed by atoms with Crippen LogP contribution in [0.4, 0.5) is 0 Å². The molecule has 0 bridgehead atoms. The van der Waals surface area contributed by atoms with Crippen molar-refractivity contribution in [2.45, 2.75) is 39.8 Å². The highest BCUT2D eigenvalue weighted by Crippen LogP contribution is 2.10. The molecule has 1 aromatic carbocycles. The van der Waals surface area contributed by atoms with Crippen molar-refractivity contribution < 1.29 is 0 Å². The lowest BCUT2D eigenvalue weighted by molar-refractivity contribution is 0.438. The molecule has 3 nitrogen and oxygen atoms in total. The van der Waals surface area contributed by atoms with E-state index in [1.165, 1.54) is 6.42 Å². The van der Waals surface area contributed by atoms with Crippen molar-refractivity contribution in [1.82, 2.24) is 15.3 Å². The van der Waals surface area contributed by atoms with E-state index in [0.29, 0.717) is 6.04 Å². The molecule has 1 atom stereocenters. The Bertz CT molecular complexity index is 440. The predicted octanol–water partition coefficient (Wildman–Crippen LogP) is 3.09. The molecule has 0 saturated heterocycles. The van der Waals surface area contributed by atoms with Gasteiger partial charge in [0.05, 0.1) is 17.6 Å². The zero-order valence-corrected chi connectivity index (χ0v) is 10.8. The topological polar surface area (TPSA) is 40.7 Å². The summed E-state index contributed by atoms with van der Waals surface area (Å²) in [4.78, 5) is 7.88. The molecule has 2 aromatic rings. The molecule has 0 amide bonds. The van der Waals surface area contributed by atoms with Crippen molar-refractivity contribution >= 4 is 11.0 Å². The Balaban J connectivity index is 1.95. The maximum Gasteiger partial charge on any atom is 0.121 e. The van der Waals surface area contributed by atoms with Crippen molar-refractivity contribution in [3.05, 3.63) is 30.1 Å². The van der Waals surface area contributed by atoms with E-state index in [0.717, 1.165) is 29.3 Å². The maximum absolute atomic E-state index is 4.55. The number of H-pyrrole nitrogens is 1. The van der Waals surface area contributed by atoms with E-state index in [9.17, 15) is 0 Å². The number of nitrogens with zero attached hydrogens (tertiary/aromatic N) is 1. The first-order valence-corrected chi connectivity index (χ1v) is 6.32. The zero-order valence-electron chi connectivity index (χ0n) is 10.8. The van der Waals surface area contributed by atoms with Crippen molar-refractivity contribution in [2.75, 3.05) is 0 Å². The van der Waals surface area contributed by atoms with Gasteiger partial charge in [-0.2, -0.15) is 0 Å². The van der Waals surface area contributed by atoms with Gasteiger partial charge in [-0.3, -0.25) is 0 Å². The third-order valence-electron chi connectivity index (χ3n) is 2.88. The van der Waals surface area contributed by atoms with Crippen LogP contribution < -0.4 is 5.32 Å². The second kappa shape index (κ2) is 5.32. The standard InChI is InChI=1S/C14H21N3/c1-10(2)8-11(3)15-9-14-16-12-6-4-5-7-13(12)17-14/h4-7,10-11,15H,8-9H2,1-3H3,(H,16,17). The highest BCUT2D eigenvalue weighted by Gasteiger charge is 2.06. The monoisotopic (exact) mass is 231 g/mol. The Kier molecular flexibility index (Phi) is 3.79. The second-order valence-corrected chi connectivity index (χ2v) is 5.11. The van der Waals surface area contributed by atoms with E-state index in [1.54, 1.807) is 0 Å². The molecule has 0 saturated carbocycles. The van der Waals surface area contributed by atoms with Gasteiger partial charge in [0.2, 0.25) is 0 Å². The molecule has 1 heterocycles. The molecule has 1 aromatic heterocycles. The maximum atomic E-state index is 4.55. The van der Waals surface area contributed by atoms with E-state index >= 15 is 0 Å². The number of rotatable bonds is 5. The summed E-state index contributed by atoms with van der Waals surface area (Å²) >= 11 is 0. The van der Waals surface area contributed by atoms with Crippen molar-refractivity contribution in [1.29, 1.82) is 0 Å². The van der Waals surface area contributed by atoms with E-state index in [-0.39, 0.29) is 0 Å². The largest absolute Gasteiger partial charge is 0.341 e. The van der Waals surface area contributed by atoms with Gasteiger partial charge in [-0.15, -0.1) is 0 Å². The van der Waals surface area contributed by atoms with Crippen LogP contribution in [-0.4, -0.2) is 16.0 Å². The minimum absolute atomic E-state index is 0.531. The predicted molar refractivity (Wildman–Crippen MR) is 71.9 cm³/mol. The van der Waals surface area contributed by atoms with Crippen molar-refractivity contribution in [2.24, 2.45) is 5.92 Å². The first kappa shape index (κ1) is 12.1. The van der Waals surface area contributed by atoms with Crippen molar-refractivity contribution in [3.63, 3.8) is 0 Å². The summed E-state index contributed by atoms with van der Waals surface area (Å²) in [5, 5.41) is 3.50. The van der Waals surface area contributed by atoms with Crippen LogP contribution in [0, 0.1) is 5.92 Å². The number of fused-ring (bicyclic) bond motifs is 1. The van der Waals surface area contributed by atoms with Crippen LogP contribution in [0.1, 0.15) is 33.0 Å². The summed E-state index contributed by atoms with van der Waals surface area (Å²) in [6.45, 7) is 7.53. The van der Waals surface area contributed by atoms with Gasteiger partial charge < -0.3 is 10.3 Å². The van der Waals surface area contributed by atoms with Gasteiger partial charge in [-0.25, -0.2) is 4.98 Å². The summed E-state index contributed by atoms with van der Waals surface area (Å²) < 4.78 is 0. The van der Waals surface area contributed by atoms with Gasteiger partial charge in [-0.1, -0.05) is 26.0 Å². The highest BCUT2D eigenvalue weighted by molar-refractivity contribution is 5.74. The van der Waals surface area contributed by atoms with Crippen LogP contribution in [0.2, 0.25) is 0 Å². The van der Waals surface area contributed by atoms with Crippen LogP contribution in [-0.2, 0) is 6.54 Å². The molecule has 3 heteroatoms. The van der Waals surface area contributed by atoms with Gasteiger partial charge in [0, 0.05) is 6.04 Å². The molecular formula is C14H21N3. The van der Waals surface area contributed by atoms with Gasteiger partial charge in [0.1, 0.15) is 5.82 Å². The fraction of sp³-hybridized carbons (Fsp3) is 0.500. The van der Waals surface area contributed by atoms with E-state index in [4.69, 9.17) is 0 Å². The quantitative estimate of drug-likeness (QED) is 0.830. The third-order valence-corrected chi connectivity index (χ3v) is 2.88. The summed E-state index contributed by atoms with van der Waals surface area (Å²) in [5.74, 6) is 1.75. The van der Waals surface area contributed by atoms with E-state index in [1.807, 2.05) is 18.2 Å². The number of hydrogen-bond acceptors (Lipinski definition) is 2. The fourth-order valence-corrected chi connectivity index (χ4v) is 2.15. The Morgan fingerprint density at radius 1 is 1.24 bits per heavy atom. The van der Waals surface area contributed by atoms with Gasteiger partial charge in [0.15, 0.2) is 0 Å². The molecule has 2 rings (SSSR count). The third kappa shape index (κ3) is 3.30. The van der Waals surface area contributed by atoms with E-state index in [2.05, 4.69) is 42.1 Å². The summed E-state index contributed by atoms with van der Waals surface area (Å²) in [6.07, 6.45) is 1.19. The van der Waals surface area contributed by atoms with Gasteiger partial charge in [0.25, 0.3) is 0 Å². The molecule has 0 fully saturated rings. The first-order chi connectivity index (χ1) is 8.15. The minimum Gasteiger partial charge on any atom is -0.341 e. The molecule has 92 valence electrons. The van der Waals surface area contributed by atoms with Crippen LogP contribution in [0.25, 0.3) is 11.0 Å². The molecule has 1 unspecified atom stereocenters. The molecule has 0 aliphatic heterocycles. The lowest BCUT2D eigenvalue weighted by Gasteiger charge is -2.14. The van der Waals surface area contributed by atoms with Crippen LogP contribution >= 0.6 is 0 Å². The molecular weight excluding hydrogens is 210 g/mol. The molecule has 0 spiro atoms. The normalized spacial score (nSPS) is 13.4. The first-order valence-electron chi connectivity index (χ1n) is 6.32. The number of hydrogen-bond donors (Lipinski definition) is 2. The summed E-state index contributed by atoms with van der Waals surface area (Å²) in [6, 6.07) is 8.67. The van der Waals surface area contributed by atoms with Crippen molar-refractivity contribution in [3.8, 4) is 0 Å². The number of nitrogens with one attached hydrogen (secondary N) is 2. The number of para-hydroxylation sites is 2. The summed E-state index contributed by atoms with van der Waals surface area (Å²) in [7, 11) is 0. The zero-order chi connectivity index (χ0) is 12.3. The Morgan fingerprint density at radius 3 is 2.71 bits per heavy atom. The molecule has 0 radical (unpaired) electrons. The Labute approximate surface area is 103 Å². The average Bonchev–Trinajstić information content (AvgIpc) is 2.68. The molecule has 0 aliphatic rings. The average molecular weight is 231 g/mol. The minimum atomic E-state index is 0.531. The van der Waals surface area contributed by atoms with Gasteiger partial charge >= 0.3 is 0 Å². The number of aromatic nitrogens is 2. The van der Waals surface area contributed by atoms with Crippen LogP contribution in [0.15, 0.2) is 24.3 Å².